The number of benzene rings is 2. The van der Waals surface area contributed by atoms with Crippen molar-refractivity contribution in [2.45, 2.75) is 31.2 Å². The normalized spacial score (nSPS) is 12.9. The van der Waals surface area contributed by atoms with E-state index in [1.165, 1.54) is 38.1 Å². The summed E-state index contributed by atoms with van der Waals surface area (Å²) in [5.41, 5.74) is 3.36. The molecule has 2 aromatic rings. The molecule has 190 valence electrons. The van der Waals surface area contributed by atoms with Gasteiger partial charge in [-0.05, 0) is 60.9 Å². The van der Waals surface area contributed by atoms with Crippen LogP contribution in [0.4, 0.5) is 10.1 Å². The highest BCUT2D eigenvalue weighted by molar-refractivity contribution is 8.03. The molecule has 0 bridgehead atoms. The number of hydroxylamine groups is 1. The fraction of sp³-hybridized carbons (Fsp3) is 0.346. The lowest BCUT2D eigenvalue weighted by molar-refractivity contribution is -0.143. The number of rotatable bonds is 14. The lowest BCUT2D eigenvalue weighted by Crippen LogP contribution is -2.38. The largest absolute Gasteiger partial charge is 0.497 e. The molecule has 0 spiro atoms. The standard InChI is InChI=1S/C26H34FN3O4S/c1-18(2)15-24(26(31)33-4)28-14-13-23(35-22-11-9-21(32-3)10-12-22)17-25(30-34-5)29-20-8-6-7-19(27)16-20/h6-13,16-18,24,28-30H,14-15H2,1-5H3/b23-13+,25-17-. The Morgan fingerprint density at radius 2 is 1.86 bits per heavy atom. The second-order valence-corrected chi connectivity index (χ2v) is 9.14. The molecule has 0 heterocycles. The Hall–Kier alpha value is -3.01. The summed E-state index contributed by atoms with van der Waals surface area (Å²) in [5.74, 6) is 0.967. The van der Waals surface area contributed by atoms with Gasteiger partial charge in [-0.25, -0.2) is 4.39 Å². The molecule has 0 saturated carbocycles. The number of hydrogen-bond donors (Lipinski definition) is 3. The van der Waals surface area contributed by atoms with Gasteiger partial charge < -0.3 is 20.1 Å². The van der Waals surface area contributed by atoms with Crippen molar-refractivity contribution < 1.29 is 23.5 Å². The molecule has 3 N–H and O–H groups in total. The monoisotopic (exact) mass is 503 g/mol. The average molecular weight is 504 g/mol. The highest BCUT2D eigenvalue weighted by atomic mass is 32.2. The van der Waals surface area contributed by atoms with Crippen LogP contribution in [0.1, 0.15) is 20.3 Å². The van der Waals surface area contributed by atoms with E-state index < -0.39 is 6.04 Å². The van der Waals surface area contributed by atoms with Crippen LogP contribution in [0.5, 0.6) is 5.75 Å². The molecule has 1 unspecified atom stereocenters. The molecule has 2 rings (SSSR count). The SMILES string of the molecule is CON/C(=C\C(=C/CNC(CC(C)C)C(=O)OC)Sc1ccc(OC)cc1)Nc1cccc(F)c1. The molecule has 0 aliphatic rings. The van der Waals surface area contributed by atoms with Crippen LogP contribution in [0.2, 0.25) is 0 Å². The third kappa shape index (κ3) is 10.4. The second-order valence-electron chi connectivity index (χ2n) is 8.00. The first kappa shape index (κ1) is 28.2. The number of nitrogens with one attached hydrogen (secondary N) is 3. The number of halogens is 1. The number of carbonyl (C=O) groups excluding carboxylic acids is 1. The van der Waals surface area contributed by atoms with Gasteiger partial charge in [0.05, 0.1) is 21.3 Å². The zero-order valence-corrected chi connectivity index (χ0v) is 21.6. The van der Waals surface area contributed by atoms with Crippen molar-refractivity contribution in [3.05, 3.63) is 77.2 Å². The second kappa shape index (κ2) is 15.1. The van der Waals surface area contributed by atoms with E-state index in [2.05, 4.69) is 30.0 Å². The summed E-state index contributed by atoms with van der Waals surface area (Å²) in [6.07, 6.45) is 4.48. The van der Waals surface area contributed by atoms with Gasteiger partial charge in [0.15, 0.2) is 0 Å². The van der Waals surface area contributed by atoms with E-state index >= 15 is 0 Å². The number of hydrogen-bond acceptors (Lipinski definition) is 8. The molecule has 0 saturated heterocycles. The summed E-state index contributed by atoms with van der Waals surface area (Å²) in [6, 6.07) is 13.4. The van der Waals surface area contributed by atoms with E-state index in [9.17, 15) is 9.18 Å². The number of thioether (sulfide) groups is 1. The Balaban J connectivity index is 2.29. The lowest BCUT2D eigenvalue weighted by Gasteiger charge is -2.18. The van der Waals surface area contributed by atoms with Gasteiger partial charge in [-0.15, -0.1) is 0 Å². The molecule has 1 atom stereocenters. The molecule has 9 heteroatoms. The highest BCUT2D eigenvalue weighted by Crippen LogP contribution is 2.29. The Kier molecular flexibility index (Phi) is 12.2. The summed E-state index contributed by atoms with van der Waals surface area (Å²) in [7, 11) is 4.51. The molecule has 0 aromatic heterocycles. The fourth-order valence-electron chi connectivity index (χ4n) is 3.15. The van der Waals surface area contributed by atoms with Crippen LogP contribution in [0, 0.1) is 11.7 Å². The molecule has 0 aliphatic heterocycles. The van der Waals surface area contributed by atoms with Crippen LogP contribution in [-0.4, -0.2) is 39.9 Å². The van der Waals surface area contributed by atoms with Crippen molar-refractivity contribution >= 4 is 23.4 Å². The number of methoxy groups -OCH3 is 2. The molecule has 35 heavy (non-hydrogen) atoms. The van der Waals surface area contributed by atoms with Gasteiger partial charge >= 0.3 is 5.97 Å². The van der Waals surface area contributed by atoms with Gasteiger partial charge in [0.25, 0.3) is 0 Å². The first-order valence-electron chi connectivity index (χ1n) is 11.2. The molecule has 0 amide bonds. The molecule has 0 fully saturated rings. The summed E-state index contributed by atoms with van der Waals surface area (Å²) in [5, 5.41) is 6.39. The Morgan fingerprint density at radius 1 is 1.11 bits per heavy atom. The van der Waals surface area contributed by atoms with Crippen molar-refractivity contribution in [2.75, 3.05) is 33.2 Å². The van der Waals surface area contributed by atoms with Crippen LogP contribution >= 0.6 is 11.8 Å². The molecule has 2 aromatic carbocycles. The minimum absolute atomic E-state index is 0.290. The maximum Gasteiger partial charge on any atom is 0.322 e. The summed E-state index contributed by atoms with van der Waals surface area (Å²) in [4.78, 5) is 19.1. The maximum atomic E-state index is 13.7. The van der Waals surface area contributed by atoms with Crippen molar-refractivity contribution in [1.29, 1.82) is 0 Å². The van der Waals surface area contributed by atoms with Gasteiger partial charge in [0, 0.05) is 22.0 Å². The Bertz CT molecular complexity index is 996. The van der Waals surface area contributed by atoms with E-state index in [1.807, 2.05) is 36.4 Å². The minimum Gasteiger partial charge on any atom is -0.497 e. The third-order valence-corrected chi connectivity index (χ3v) is 5.79. The number of carbonyl (C=O) groups is 1. The van der Waals surface area contributed by atoms with Gasteiger partial charge in [0.1, 0.15) is 23.4 Å². The van der Waals surface area contributed by atoms with E-state index in [1.54, 1.807) is 19.2 Å². The van der Waals surface area contributed by atoms with Gasteiger partial charge in [-0.1, -0.05) is 37.8 Å². The van der Waals surface area contributed by atoms with Crippen LogP contribution < -0.4 is 20.9 Å². The Morgan fingerprint density at radius 3 is 2.46 bits per heavy atom. The van der Waals surface area contributed by atoms with Gasteiger partial charge in [-0.2, -0.15) is 0 Å². The molecular formula is C26H34FN3O4S. The lowest BCUT2D eigenvalue weighted by atomic mass is 10.0. The van der Waals surface area contributed by atoms with E-state index in [0.29, 0.717) is 30.4 Å². The highest BCUT2D eigenvalue weighted by Gasteiger charge is 2.19. The van der Waals surface area contributed by atoms with E-state index in [-0.39, 0.29) is 11.8 Å². The zero-order chi connectivity index (χ0) is 25.6. The quantitative estimate of drug-likeness (QED) is 0.142. The van der Waals surface area contributed by atoms with Crippen molar-refractivity contribution in [2.24, 2.45) is 5.92 Å². The Labute approximate surface area is 211 Å². The summed E-state index contributed by atoms with van der Waals surface area (Å²) in [6.45, 7) is 4.55. The number of anilines is 1. The smallest absolute Gasteiger partial charge is 0.322 e. The summed E-state index contributed by atoms with van der Waals surface area (Å²) >= 11 is 1.52. The van der Waals surface area contributed by atoms with E-state index in [0.717, 1.165) is 15.6 Å². The molecule has 0 radical (unpaired) electrons. The van der Waals surface area contributed by atoms with Crippen molar-refractivity contribution in [3.63, 3.8) is 0 Å². The summed E-state index contributed by atoms with van der Waals surface area (Å²) < 4.78 is 23.8. The fourth-order valence-corrected chi connectivity index (χ4v) is 4.04. The predicted molar refractivity (Wildman–Crippen MR) is 138 cm³/mol. The van der Waals surface area contributed by atoms with Crippen LogP contribution in [0.15, 0.2) is 76.3 Å². The number of esters is 1. The number of ether oxygens (including phenoxy) is 2. The molecular weight excluding hydrogens is 469 g/mol. The molecule has 7 nitrogen and oxygen atoms in total. The van der Waals surface area contributed by atoms with Gasteiger partial charge in [-0.3, -0.25) is 15.1 Å². The topological polar surface area (TPSA) is 80.9 Å². The minimum atomic E-state index is -0.408. The van der Waals surface area contributed by atoms with Gasteiger partial charge in [0.2, 0.25) is 0 Å². The maximum absolute atomic E-state index is 13.7. The first-order chi connectivity index (χ1) is 16.8. The number of allylic oxidation sites excluding steroid dienone is 1. The van der Waals surface area contributed by atoms with Crippen molar-refractivity contribution in [3.8, 4) is 5.75 Å². The van der Waals surface area contributed by atoms with Crippen molar-refractivity contribution in [1.82, 2.24) is 10.8 Å². The average Bonchev–Trinajstić information content (AvgIpc) is 2.83. The van der Waals surface area contributed by atoms with Crippen LogP contribution in [0.3, 0.4) is 0 Å². The first-order valence-corrected chi connectivity index (χ1v) is 12.0. The third-order valence-electron chi connectivity index (χ3n) is 4.76. The molecule has 0 aliphatic carbocycles. The predicted octanol–water partition coefficient (Wildman–Crippen LogP) is 5.09. The van der Waals surface area contributed by atoms with E-state index in [4.69, 9.17) is 14.3 Å². The zero-order valence-electron chi connectivity index (χ0n) is 20.8. The van der Waals surface area contributed by atoms with Crippen LogP contribution in [-0.2, 0) is 14.4 Å². The van der Waals surface area contributed by atoms with Crippen LogP contribution in [0.25, 0.3) is 0 Å².